The van der Waals surface area contributed by atoms with E-state index >= 15 is 0 Å². The van der Waals surface area contributed by atoms with Crippen LogP contribution in [0.25, 0.3) is 0 Å². The summed E-state index contributed by atoms with van der Waals surface area (Å²) in [6.45, 7) is 6.37. The van der Waals surface area contributed by atoms with E-state index in [4.69, 9.17) is 9.47 Å². The summed E-state index contributed by atoms with van der Waals surface area (Å²) < 4.78 is 10.7. The van der Waals surface area contributed by atoms with Gasteiger partial charge in [0.15, 0.2) is 0 Å². The molecule has 4 nitrogen and oxygen atoms in total. The van der Waals surface area contributed by atoms with E-state index in [1.165, 1.54) is 5.56 Å². The average Bonchev–Trinajstić information content (AvgIpc) is 2.36. The second-order valence-electron chi connectivity index (χ2n) is 4.55. The fourth-order valence-corrected chi connectivity index (χ4v) is 2.23. The molecule has 100 valence electrons. The Hall–Kier alpha value is -1.26. The predicted molar refractivity (Wildman–Crippen MR) is 72.3 cm³/mol. The Bertz CT molecular complexity index is 391. The maximum atomic E-state index is 5.44. The van der Waals surface area contributed by atoms with Crippen LogP contribution in [-0.2, 0) is 6.54 Å². The van der Waals surface area contributed by atoms with E-state index in [-0.39, 0.29) is 0 Å². The summed E-state index contributed by atoms with van der Waals surface area (Å²) in [5.41, 5.74) is 1.21. The van der Waals surface area contributed by atoms with E-state index < -0.39 is 0 Å². The first-order valence-corrected chi connectivity index (χ1v) is 6.44. The maximum absolute atomic E-state index is 5.44. The average molecular weight is 250 g/mol. The Kier molecular flexibility index (Phi) is 4.44. The van der Waals surface area contributed by atoms with Gasteiger partial charge in [0, 0.05) is 37.3 Å². The maximum Gasteiger partial charge on any atom is 0.127 e. The first kappa shape index (κ1) is 13.2. The van der Waals surface area contributed by atoms with Crippen LogP contribution in [0.2, 0.25) is 0 Å². The van der Waals surface area contributed by atoms with Crippen LogP contribution in [0, 0.1) is 0 Å². The molecule has 1 N–H and O–H groups in total. The fourth-order valence-electron chi connectivity index (χ4n) is 2.23. The van der Waals surface area contributed by atoms with Gasteiger partial charge in [0.2, 0.25) is 0 Å². The summed E-state index contributed by atoms with van der Waals surface area (Å²) in [5.74, 6) is 1.74. The Morgan fingerprint density at radius 1 is 1.28 bits per heavy atom. The molecule has 1 saturated heterocycles. The van der Waals surface area contributed by atoms with Crippen LogP contribution in [0.3, 0.4) is 0 Å². The standard InChI is InChI=1S/C14H22N2O2/c1-4-16(12-8-15-9-12)10-11-5-6-13(17-2)7-14(11)18-3/h5-7,12,15H,4,8-10H2,1-3H3. The lowest BCUT2D eigenvalue weighted by Gasteiger charge is -2.37. The van der Waals surface area contributed by atoms with Crippen LogP contribution in [-0.4, -0.2) is 44.8 Å². The highest BCUT2D eigenvalue weighted by atomic mass is 16.5. The molecule has 0 radical (unpaired) electrons. The molecule has 1 aromatic rings. The Morgan fingerprint density at radius 2 is 2.06 bits per heavy atom. The van der Waals surface area contributed by atoms with Crippen molar-refractivity contribution in [3.63, 3.8) is 0 Å². The van der Waals surface area contributed by atoms with Gasteiger partial charge in [-0.25, -0.2) is 0 Å². The van der Waals surface area contributed by atoms with E-state index in [1.54, 1.807) is 14.2 Å². The van der Waals surface area contributed by atoms with Crippen molar-refractivity contribution in [1.82, 2.24) is 10.2 Å². The third kappa shape index (κ3) is 2.76. The highest BCUT2D eigenvalue weighted by molar-refractivity contribution is 5.40. The number of nitrogens with zero attached hydrogens (tertiary/aromatic N) is 1. The lowest BCUT2D eigenvalue weighted by atomic mass is 10.1. The molecule has 0 spiro atoms. The summed E-state index contributed by atoms with van der Waals surface area (Å²) in [7, 11) is 3.38. The zero-order chi connectivity index (χ0) is 13.0. The highest BCUT2D eigenvalue weighted by Gasteiger charge is 2.24. The smallest absolute Gasteiger partial charge is 0.127 e. The molecule has 0 amide bonds. The lowest BCUT2D eigenvalue weighted by Crippen LogP contribution is -2.56. The van der Waals surface area contributed by atoms with E-state index in [0.717, 1.165) is 37.7 Å². The summed E-state index contributed by atoms with van der Waals surface area (Å²) in [6.07, 6.45) is 0. The first-order chi connectivity index (χ1) is 8.78. The Balaban J connectivity index is 2.11. The van der Waals surface area contributed by atoms with Crippen molar-refractivity contribution in [3.05, 3.63) is 23.8 Å². The second-order valence-corrected chi connectivity index (χ2v) is 4.55. The number of hydrogen-bond acceptors (Lipinski definition) is 4. The van der Waals surface area contributed by atoms with Gasteiger partial charge < -0.3 is 14.8 Å². The van der Waals surface area contributed by atoms with Crippen LogP contribution in [0.1, 0.15) is 12.5 Å². The molecule has 0 bridgehead atoms. The first-order valence-electron chi connectivity index (χ1n) is 6.44. The van der Waals surface area contributed by atoms with Crippen LogP contribution in [0.15, 0.2) is 18.2 Å². The number of nitrogens with one attached hydrogen (secondary N) is 1. The zero-order valence-corrected chi connectivity index (χ0v) is 11.4. The molecule has 1 aliphatic rings. The van der Waals surface area contributed by atoms with Crippen molar-refractivity contribution in [2.45, 2.75) is 19.5 Å². The van der Waals surface area contributed by atoms with Gasteiger partial charge in [-0.3, -0.25) is 4.90 Å². The van der Waals surface area contributed by atoms with Crippen molar-refractivity contribution in [1.29, 1.82) is 0 Å². The molecule has 0 aromatic heterocycles. The molecule has 0 atom stereocenters. The van der Waals surface area contributed by atoms with Crippen LogP contribution < -0.4 is 14.8 Å². The SMILES string of the molecule is CCN(Cc1ccc(OC)cc1OC)C1CNC1. The summed E-state index contributed by atoms with van der Waals surface area (Å²) in [6, 6.07) is 6.68. The van der Waals surface area contributed by atoms with E-state index in [1.807, 2.05) is 12.1 Å². The van der Waals surface area contributed by atoms with Crippen molar-refractivity contribution >= 4 is 0 Å². The number of likely N-dealkylation sites (N-methyl/N-ethyl adjacent to an activating group) is 1. The number of benzene rings is 1. The number of ether oxygens (including phenoxy) is 2. The van der Waals surface area contributed by atoms with Crippen molar-refractivity contribution in [2.75, 3.05) is 33.9 Å². The predicted octanol–water partition coefficient (Wildman–Crippen LogP) is 1.50. The summed E-state index contributed by atoms with van der Waals surface area (Å²) >= 11 is 0. The molecule has 0 saturated carbocycles. The molecule has 18 heavy (non-hydrogen) atoms. The third-order valence-corrected chi connectivity index (χ3v) is 3.55. The quantitative estimate of drug-likeness (QED) is 0.829. The Morgan fingerprint density at radius 3 is 2.56 bits per heavy atom. The van der Waals surface area contributed by atoms with Gasteiger partial charge in [-0.1, -0.05) is 13.0 Å². The molecule has 0 aliphatic carbocycles. The molecule has 4 heteroatoms. The normalized spacial score (nSPS) is 15.6. The monoisotopic (exact) mass is 250 g/mol. The number of methoxy groups -OCH3 is 2. The zero-order valence-electron chi connectivity index (χ0n) is 11.4. The van der Waals surface area contributed by atoms with Crippen molar-refractivity contribution in [3.8, 4) is 11.5 Å². The number of hydrogen-bond donors (Lipinski definition) is 1. The van der Waals surface area contributed by atoms with Crippen molar-refractivity contribution < 1.29 is 9.47 Å². The summed E-state index contributed by atoms with van der Waals surface area (Å²) in [5, 5.41) is 3.32. The van der Waals surface area contributed by atoms with Gasteiger partial charge in [-0.2, -0.15) is 0 Å². The molecular weight excluding hydrogens is 228 g/mol. The van der Waals surface area contributed by atoms with E-state index in [2.05, 4.69) is 23.2 Å². The third-order valence-electron chi connectivity index (χ3n) is 3.55. The minimum atomic E-state index is 0.654. The highest BCUT2D eigenvalue weighted by Crippen LogP contribution is 2.26. The van der Waals surface area contributed by atoms with E-state index in [0.29, 0.717) is 6.04 Å². The minimum Gasteiger partial charge on any atom is -0.497 e. The van der Waals surface area contributed by atoms with E-state index in [9.17, 15) is 0 Å². The molecule has 1 fully saturated rings. The van der Waals surface area contributed by atoms with Gasteiger partial charge in [0.05, 0.1) is 14.2 Å². The Labute approximate surface area is 109 Å². The number of rotatable bonds is 6. The molecule has 1 aromatic carbocycles. The minimum absolute atomic E-state index is 0.654. The topological polar surface area (TPSA) is 33.7 Å². The van der Waals surface area contributed by atoms with Gasteiger partial charge in [-0.15, -0.1) is 0 Å². The van der Waals surface area contributed by atoms with Crippen molar-refractivity contribution in [2.24, 2.45) is 0 Å². The second kappa shape index (κ2) is 6.07. The van der Waals surface area contributed by atoms with Gasteiger partial charge in [0.25, 0.3) is 0 Å². The molecule has 2 rings (SSSR count). The molecule has 1 aliphatic heterocycles. The fraction of sp³-hybridized carbons (Fsp3) is 0.571. The van der Waals surface area contributed by atoms with Gasteiger partial charge in [0.1, 0.15) is 11.5 Å². The van der Waals surface area contributed by atoms with Gasteiger partial charge >= 0.3 is 0 Å². The molecule has 0 unspecified atom stereocenters. The van der Waals surface area contributed by atoms with Crippen LogP contribution in [0.4, 0.5) is 0 Å². The molecular formula is C14H22N2O2. The van der Waals surface area contributed by atoms with Crippen LogP contribution in [0.5, 0.6) is 11.5 Å². The summed E-state index contributed by atoms with van der Waals surface area (Å²) in [4.78, 5) is 2.47. The van der Waals surface area contributed by atoms with Gasteiger partial charge in [-0.05, 0) is 12.6 Å². The van der Waals surface area contributed by atoms with Crippen LogP contribution >= 0.6 is 0 Å². The largest absolute Gasteiger partial charge is 0.497 e. The molecule has 1 heterocycles. The lowest BCUT2D eigenvalue weighted by molar-refractivity contribution is 0.144.